The summed E-state index contributed by atoms with van der Waals surface area (Å²) >= 11 is 0. The van der Waals surface area contributed by atoms with Crippen LogP contribution < -0.4 is 5.73 Å². The predicted molar refractivity (Wildman–Crippen MR) is 39.4 cm³/mol. The molecule has 0 saturated heterocycles. The van der Waals surface area contributed by atoms with Gasteiger partial charge in [0.1, 0.15) is 0 Å². The van der Waals surface area contributed by atoms with Gasteiger partial charge in [0.05, 0.1) is 5.60 Å². The largest absolute Gasteiger partial charge is 0.374 e. The van der Waals surface area contributed by atoms with Gasteiger partial charge in [-0.05, 0) is 27.7 Å². The van der Waals surface area contributed by atoms with Gasteiger partial charge in [-0.25, -0.2) is 0 Å². The maximum absolute atomic E-state index is 5.63. The lowest BCUT2D eigenvalue weighted by atomic mass is 10.0. The molecule has 0 amide bonds. The Balaban J connectivity index is 3.70. The van der Waals surface area contributed by atoms with Crippen LogP contribution in [0.4, 0.5) is 0 Å². The normalized spacial score (nSPS) is 15.7. The fraction of sp³-hybridized carbons (Fsp3) is 1.00. The summed E-state index contributed by atoms with van der Waals surface area (Å²) in [6.45, 7) is 8.66. The van der Waals surface area contributed by atoms with Crippen molar-refractivity contribution in [3.63, 3.8) is 0 Å². The molecule has 0 radical (unpaired) electrons. The number of nitrogens with two attached hydrogens (primary N) is 1. The molecule has 0 heterocycles. The van der Waals surface area contributed by atoms with Crippen LogP contribution >= 0.6 is 0 Å². The van der Waals surface area contributed by atoms with Gasteiger partial charge in [-0.3, -0.25) is 0 Å². The minimum absolute atomic E-state index is 0.0949. The molecule has 0 aliphatic rings. The van der Waals surface area contributed by atoms with E-state index in [4.69, 9.17) is 10.5 Å². The minimum atomic E-state index is -0.172. The van der Waals surface area contributed by atoms with Crippen molar-refractivity contribution in [1.29, 1.82) is 0 Å². The van der Waals surface area contributed by atoms with Gasteiger partial charge in [0.15, 0.2) is 0 Å². The Morgan fingerprint density at radius 3 is 2.11 bits per heavy atom. The highest BCUT2D eigenvalue weighted by atomic mass is 16.5. The van der Waals surface area contributed by atoms with Gasteiger partial charge in [0, 0.05) is 12.6 Å². The van der Waals surface area contributed by atoms with E-state index in [1.807, 2.05) is 27.7 Å². The molecule has 0 aromatic rings. The average Bonchev–Trinajstić information content (AvgIpc) is 1.65. The molecule has 2 N–H and O–H groups in total. The van der Waals surface area contributed by atoms with Crippen LogP contribution in [0.2, 0.25) is 0 Å². The lowest BCUT2D eigenvalue weighted by Crippen LogP contribution is -2.43. The molecule has 0 rings (SSSR count). The Morgan fingerprint density at radius 2 is 2.00 bits per heavy atom. The number of hydrogen-bond donors (Lipinski definition) is 1. The molecule has 0 spiro atoms. The smallest absolute Gasteiger partial charge is 0.0773 e. The summed E-state index contributed by atoms with van der Waals surface area (Å²) in [5.41, 5.74) is 5.46. The van der Waals surface area contributed by atoms with Gasteiger partial charge in [-0.2, -0.15) is 0 Å². The second kappa shape index (κ2) is 3.18. The molecule has 9 heavy (non-hydrogen) atoms. The highest BCUT2D eigenvalue weighted by Gasteiger charge is 2.21. The SMILES string of the molecule is CCOC(C)(C)[C@H](C)N. The molecular weight excluding hydrogens is 114 g/mol. The molecule has 0 bridgehead atoms. The molecule has 0 aliphatic carbocycles. The first-order valence-electron chi connectivity index (χ1n) is 3.40. The molecule has 0 aromatic carbocycles. The van der Waals surface area contributed by atoms with Crippen molar-refractivity contribution in [3.8, 4) is 0 Å². The molecule has 56 valence electrons. The van der Waals surface area contributed by atoms with Crippen LogP contribution in [0.25, 0.3) is 0 Å². The summed E-state index contributed by atoms with van der Waals surface area (Å²) in [6.07, 6.45) is 0. The van der Waals surface area contributed by atoms with Gasteiger partial charge in [0.2, 0.25) is 0 Å². The summed E-state index contributed by atoms with van der Waals surface area (Å²) in [7, 11) is 0. The van der Waals surface area contributed by atoms with Crippen LogP contribution in [0.15, 0.2) is 0 Å². The van der Waals surface area contributed by atoms with E-state index in [1.54, 1.807) is 0 Å². The Hall–Kier alpha value is -0.0800. The van der Waals surface area contributed by atoms with E-state index in [2.05, 4.69) is 0 Å². The fourth-order valence-electron chi connectivity index (χ4n) is 0.503. The van der Waals surface area contributed by atoms with E-state index in [9.17, 15) is 0 Å². The number of hydrogen-bond acceptors (Lipinski definition) is 2. The first-order valence-corrected chi connectivity index (χ1v) is 3.40. The standard InChI is InChI=1S/C7H17NO/c1-5-9-7(3,4)6(2)8/h6H,5,8H2,1-4H3/t6-/m0/s1. The Morgan fingerprint density at radius 1 is 1.56 bits per heavy atom. The maximum atomic E-state index is 5.63. The van der Waals surface area contributed by atoms with Gasteiger partial charge < -0.3 is 10.5 Å². The van der Waals surface area contributed by atoms with Gasteiger partial charge in [0.25, 0.3) is 0 Å². The van der Waals surface area contributed by atoms with Crippen LogP contribution in [0.3, 0.4) is 0 Å². The first kappa shape index (κ1) is 8.92. The quantitative estimate of drug-likeness (QED) is 0.623. The van der Waals surface area contributed by atoms with E-state index in [1.165, 1.54) is 0 Å². The van der Waals surface area contributed by atoms with E-state index in [-0.39, 0.29) is 11.6 Å². The van der Waals surface area contributed by atoms with Gasteiger partial charge in [-0.1, -0.05) is 0 Å². The van der Waals surface area contributed by atoms with E-state index in [0.717, 1.165) is 6.61 Å². The zero-order chi connectivity index (χ0) is 7.49. The molecule has 0 fully saturated rings. The van der Waals surface area contributed by atoms with E-state index >= 15 is 0 Å². The summed E-state index contributed by atoms with van der Waals surface area (Å²) < 4.78 is 5.37. The lowest BCUT2D eigenvalue weighted by molar-refractivity contribution is -0.0248. The Kier molecular flexibility index (Phi) is 3.15. The third-order valence-electron chi connectivity index (χ3n) is 1.61. The Bertz CT molecular complexity index is 79.0. The van der Waals surface area contributed by atoms with Crippen molar-refractivity contribution in [2.24, 2.45) is 5.73 Å². The van der Waals surface area contributed by atoms with Crippen molar-refractivity contribution in [2.45, 2.75) is 39.3 Å². The van der Waals surface area contributed by atoms with Crippen LogP contribution in [-0.2, 0) is 4.74 Å². The second-order valence-corrected chi connectivity index (χ2v) is 2.83. The third kappa shape index (κ3) is 2.82. The van der Waals surface area contributed by atoms with Crippen molar-refractivity contribution in [3.05, 3.63) is 0 Å². The van der Waals surface area contributed by atoms with Gasteiger partial charge >= 0.3 is 0 Å². The van der Waals surface area contributed by atoms with Crippen molar-refractivity contribution >= 4 is 0 Å². The maximum Gasteiger partial charge on any atom is 0.0773 e. The summed E-state index contributed by atoms with van der Waals surface area (Å²) in [5.74, 6) is 0. The molecule has 1 atom stereocenters. The highest BCUT2D eigenvalue weighted by molar-refractivity contribution is 4.78. The predicted octanol–water partition coefficient (Wildman–Crippen LogP) is 1.15. The highest BCUT2D eigenvalue weighted by Crippen LogP contribution is 2.11. The van der Waals surface area contributed by atoms with E-state index < -0.39 is 0 Å². The molecular formula is C7H17NO. The van der Waals surface area contributed by atoms with E-state index in [0.29, 0.717) is 0 Å². The molecule has 0 aliphatic heterocycles. The molecule has 0 unspecified atom stereocenters. The first-order chi connectivity index (χ1) is 4.00. The lowest BCUT2D eigenvalue weighted by Gasteiger charge is -2.28. The van der Waals surface area contributed by atoms with Crippen molar-refractivity contribution in [1.82, 2.24) is 0 Å². The topological polar surface area (TPSA) is 35.2 Å². The summed E-state index contributed by atoms with van der Waals surface area (Å²) in [6, 6.07) is 0.0949. The molecule has 0 aromatic heterocycles. The number of ether oxygens (including phenoxy) is 1. The molecule has 0 saturated carbocycles. The second-order valence-electron chi connectivity index (χ2n) is 2.83. The van der Waals surface area contributed by atoms with Crippen LogP contribution in [0, 0.1) is 0 Å². The molecule has 2 nitrogen and oxygen atoms in total. The van der Waals surface area contributed by atoms with Crippen LogP contribution in [0.1, 0.15) is 27.7 Å². The summed E-state index contributed by atoms with van der Waals surface area (Å²) in [4.78, 5) is 0. The number of rotatable bonds is 3. The third-order valence-corrected chi connectivity index (χ3v) is 1.61. The average molecular weight is 131 g/mol. The zero-order valence-corrected chi connectivity index (χ0v) is 6.77. The van der Waals surface area contributed by atoms with Crippen LogP contribution in [-0.4, -0.2) is 18.2 Å². The Labute approximate surface area is 57.4 Å². The van der Waals surface area contributed by atoms with Gasteiger partial charge in [-0.15, -0.1) is 0 Å². The molecule has 2 heteroatoms. The zero-order valence-electron chi connectivity index (χ0n) is 6.77. The monoisotopic (exact) mass is 131 g/mol. The fourth-order valence-corrected chi connectivity index (χ4v) is 0.503. The van der Waals surface area contributed by atoms with Crippen LogP contribution in [0.5, 0.6) is 0 Å². The minimum Gasteiger partial charge on any atom is -0.374 e. The van der Waals surface area contributed by atoms with Crippen molar-refractivity contribution in [2.75, 3.05) is 6.61 Å². The van der Waals surface area contributed by atoms with Crippen molar-refractivity contribution < 1.29 is 4.74 Å². The summed E-state index contributed by atoms with van der Waals surface area (Å²) in [5, 5.41) is 0.